The fraction of sp³-hybridized carbons (Fsp3) is 0.259. The number of hydrogen-bond donors (Lipinski definition) is 3. The van der Waals surface area contributed by atoms with E-state index in [1.54, 1.807) is 38.5 Å². The van der Waals surface area contributed by atoms with E-state index < -0.39 is 6.03 Å². The molecule has 3 N–H and O–H groups in total. The Morgan fingerprint density at radius 1 is 0.857 bits per heavy atom. The molecule has 8 nitrogen and oxygen atoms in total. The fourth-order valence-corrected chi connectivity index (χ4v) is 4.10. The van der Waals surface area contributed by atoms with Crippen molar-refractivity contribution in [1.29, 1.82) is 0 Å². The number of nitrogens with one attached hydrogen (secondary N) is 3. The van der Waals surface area contributed by atoms with E-state index in [0.717, 1.165) is 42.9 Å². The molecule has 0 unspecified atom stereocenters. The van der Waals surface area contributed by atoms with Crippen LogP contribution in [0.15, 0.2) is 66.7 Å². The van der Waals surface area contributed by atoms with Gasteiger partial charge in [-0.1, -0.05) is 24.3 Å². The van der Waals surface area contributed by atoms with Crippen molar-refractivity contribution in [2.24, 2.45) is 0 Å². The number of methoxy groups -OCH3 is 2. The first-order valence-electron chi connectivity index (χ1n) is 11.6. The van der Waals surface area contributed by atoms with Gasteiger partial charge in [0.1, 0.15) is 11.5 Å². The monoisotopic (exact) mass is 474 g/mol. The quantitative estimate of drug-likeness (QED) is 0.433. The van der Waals surface area contributed by atoms with Gasteiger partial charge in [-0.3, -0.25) is 4.79 Å². The zero-order valence-corrected chi connectivity index (χ0v) is 20.0. The van der Waals surface area contributed by atoms with Gasteiger partial charge in [0.05, 0.1) is 31.3 Å². The Labute approximate surface area is 205 Å². The van der Waals surface area contributed by atoms with Crippen LogP contribution in [0.3, 0.4) is 0 Å². The summed E-state index contributed by atoms with van der Waals surface area (Å²) >= 11 is 0. The Morgan fingerprint density at radius 2 is 1.63 bits per heavy atom. The van der Waals surface area contributed by atoms with Crippen molar-refractivity contribution in [3.05, 3.63) is 77.9 Å². The van der Waals surface area contributed by atoms with Crippen molar-refractivity contribution in [3.8, 4) is 11.5 Å². The Bertz CT molecular complexity index is 1190. The van der Waals surface area contributed by atoms with Crippen molar-refractivity contribution in [2.75, 3.05) is 42.8 Å². The highest BCUT2D eigenvalue weighted by molar-refractivity contribution is 6.04. The molecule has 182 valence electrons. The summed E-state index contributed by atoms with van der Waals surface area (Å²) in [6, 6.07) is 19.7. The number of nitrogens with zero attached hydrogens (tertiary/aromatic N) is 1. The standard InChI is InChI=1S/C27H30N4O4/c1-34-21-9-7-8-19(16-21)18-28-26(32)20-12-13-24(31-14-5-6-15-31)23(17-20)30-27(33)29-22-10-3-4-11-25(22)35-2/h3-4,7-13,16-17H,5-6,14-15,18H2,1-2H3,(H,28,32)(H2,29,30,33). The summed E-state index contributed by atoms with van der Waals surface area (Å²) in [5, 5.41) is 8.69. The number of rotatable bonds is 8. The summed E-state index contributed by atoms with van der Waals surface area (Å²) in [5.74, 6) is 1.07. The molecule has 4 rings (SSSR count). The zero-order chi connectivity index (χ0) is 24.6. The maximum absolute atomic E-state index is 12.9. The van der Waals surface area contributed by atoms with Crippen molar-refractivity contribution < 1.29 is 19.1 Å². The smallest absolute Gasteiger partial charge is 0.323 e. The lowest BCUT2D eigenvalue weighted by atomic mass is 10.1. The number of hydrogen-bond acceptors (Lipinski definition) is 5. The van der Waals surface area contributed by atoms with Gasteiger partial charge < -0.3 is 30.3 Å². The summed E-state index contributed by atoms with van der Waals surface area (Å²) in [7, 11) is 3.16. The lowest BCUT2D eigenvalue weighted by Crippen LogP contribution is -2.26. The predicted molar refractivity (Wildman–Crippen MR) is 138 cm³/mol. The van der Waals surface area contributed by atoms with Gasteiger partial charge in [0.2, 0.25) is 0 Å². The molecule has 3 amide bonds. The van der Waals surface area contributed by atoms with Crippen LogP contribution in [-0.2, 0) is 6.54 Å². The SMILES string of the molecule is COc1cccc(CNC(=O)c2ccc(N3CCCC3)c(NC(=O)Nc3ccccc3OC)c2)c1. The van der Waals surface area contributed by atoms with Crippen LogP contribution in [-0.4, -0.2) is 39.2 Å². The minimum atomic E-state index is -0.413. The van der Waals surface area contributed by atoms with Crippen molar-refractivity contribution in [1.82, 2.24) is 5.32 Å². The number of carbonyl (C=O) groups excluding carboxylic acids is 2. The second-order valence-corrected chi connectivity index (χ2v) is 8.24. The molecule has 0 atom stereocenters. The van der Waals surface area contributed by atoms with E-state index in [1.807, 2.05) is 42.5 Å². The highest BCUT2D eigenvalue weighted by atomic mass is 16.5. The van der Waals surface area contributed by atoms with Gasteiger partial charge in [-0.2, -0.15) is 0 Å². The summed E-state index contributed by atoms with van der Waals surface area (Å²) in [5.41, 5.74) is 3.42. The summed E-state index contributed by atoms with van der Waals surface area (Å²) in [6.45, 7) is 2.18. The van der Waals surface area contributed by atoms with Gasteiger partial charge in [0.25, 0.3) is 5.91 Å². The Hall–Kier alpha value is -4.20. The van der Waals surface area contributed by atoms with Crippen LogP contribution in [0.5, 0.6) is 11.5 Å². The van der Waals surface area contributed by atoms with Gasteiger partial charge in [-0.25, -0.2) is 4.79 Å². The zero-order valence-electron chi connectivity index (χ0n) is 20.0. The van der Waals surface area contributed by atoms with Crippen LogP contribution in [0.25, 0.3) is 0 Å². The molecule has 0 radical (unpaired) electrons. The first-order valence-corrected chi connectivity index (χ1v) is 11.6. The molecule has 3 aromatic carbocycles. The second-order valence-electron chi connectivity index (χ2n) is 8.24. The molecule has 1 aliphatic rings. The number of para-hydroxylation sites is 2. The Morgan fingerprint density at radius 3 is 2.40 bits per heavy atom. The third-order valence-corrected chi connectivity index (χ3v) is 5.90. The normalized spacial score (nSPS) is 12.7. The number of amides is 3. The van der Waals surface area contributed by atoms with Crippen molar-refractivity contribution in [3.63, 3.8) is 0 Å². The average molecular weight is 475 g/mol. The van der Waals surface area contributed by atoms with Crippen LogP contribution in [0.1, 0.15) is 28.8 Å². The molecule has 0 aliphatic carbocycles. The second kappa shape index (κ2) is 11.3. The molecule has 0 aromatic heterocycles. The van der Waals surface area contributed by atoms with Crippen LogP contribution in [0.2, 0.25) is 0 Å². The summed E-state index contributed by atoms with van der Waals surface area (Å²) in [4.78, 5) is 28.0. The van der Waals surface area contributed by atoms with E-state index in [9.17, 15) is 9.59 Å². The predicted octanol–water partition coefficient (Wildman–Crippen LogP) is 4.88. The van der Waals surface area contributed by atoms with Gasteiger partial charge >= 0.3 is 6.03 Å². The van der Waals surface area contributed by atoms with E-state index in [2.05, 4.69) is 20.9 Å². The molecular formula is C27H30N4O4. The van der Waals surface area contributed by atoms with Gasteiger partial charge in [-0.15, -0.1) is 0 Å². The molecule has 8 heteroatoms. The first kappa shape index (κ1) is 23.9. The van der Waals surface area contributed by atoms with E-state index in [4.69, 9.17) is 9.47 Å². The van der Waals surface area contributed by atoms with E-state index in [0.29, 0.717) is 29.2 Å². The van der Waals surface area contributed by atoms with E-state index in [-0.39, 0.29) is 5.91 Å². The maximum atomic E-state index is 12.9. The first-order chi connectivity index (χ1) is 17.1. The molecule has 1 heterocycles. The Balaban J connectivity index is 1.51. The van der Waals surface area contributed by atoms with E-state index in [1.165, 1.54) is 0 Å². The highest BCUT2D eigenvalue weighted by Crippen LogP contribution is 2.31. The number of benzene rings is 3. The largest absolute Gasteiger partial charge is 0.497 e. The van der Waals surface area contributed by atoms with Crippen molar-refractivity contribution >= 4 is 29.0 Å². The Kier molecular flexibility index (Phi) is 7.72. The number of urea groups is 1. The third-order valence-electron chi connectivity index (χ3n) is 5.90. The van der Waals surface area contributed by atoms with Crippen molar-refractivity contribution in [2.45, 2.75) is 19.4 Å². The van der Waals surface area contributed by atoms with Crippen LogP contribution < -0.4 is 30.3 Å². The summed E-state index contributed by atoms with van der Waals surface area (Å²) < 4.78 is 10.6. The molecule has 0 bridgehead atoms. The number of ether oxygens (including phenoxy) is 2. The van der Waals surface area contributed by atoms with Gasteiger partial charge in [0, 0.05) is 25.2 Å². The molecule has 0 spiro atoms. The van der Waals surface area contributed by atoms with Gasteiger partial charge in [-0.05, 0) is 60.9 Å². The molecule has 1 aliphatic heterocycles. The average Bonchev–Trinajstić information content (AvgIpc) is 3.42. The van der Waals surface area contributed by atoms with Crippen LogP contribution in [0.4, 0.5) is 21.9 Å². The molecule has 1 fully saturated rings. The number of anilines is 3. The van der Waals surface area contributed by atoms with E-state index >= 15 is 0 Å². The lowest BCUT2D eigenvalue weighted by molar-refractivity contribution is 0.0951. The molecule has 3 aromatic rings. The lowest BCUT2D eigenvalue weighted by Gasteiger charge is -2.22. The molecule has 1 saturated heterocycles. The maximum Gasteiger partial charge on any atom is 0.323 e. The molecular weight excluding hydrogens is 444 g/mol. The minimum Gasteiger partial charge on any atom is -0.497 e. The molecule has 35 heavy (non-hydrogen) atoms. The topological polar surface area (TPSA) is 91.9 Å². The molecule has 0 saturated carbocycles. The van der Waals surface area contributed by atoms with Crippen LogP contribution >= 0.6 is 0 Å². The fourth-order valence-electron chi connectivity index (χ4n) is 4.10. The van der Waals surface area contributed by atoms with Crippen LogP contribution in [0, 0.1) is 0 Å². The minimum absolute atomic E-state index is 0.228. The highest BCUT2D eigenvalue weighted by Gasteiger charge is 2.19. The third kappa shape index (κ3) is 6.03. The number of carbonyl (C=O) groups is 2. The van der Waals surface area contributed by atoms with Gasteiger partial charge in [0.15, 0.2) is 0 Å². The summed E-state index contributed by atoms with van der Waals surface area (Å²) in [6.07, 6.45) is 2.19.